The van der Waals surface area contributed by atoms with Crippen LogP contribution in [0.25, 0.3) is 27.7 Å². The average molecular weight is 493 g/mol. The van der Waals surface area contributed by atoms with Crippen molar-refractivity contribution in [3.63, 3.8) is 0 Å². The molecule has 3 aromatic rings. The van der Waals surface area contributed by atoms with E-state index in [1.165, 1.54) is 0 Å². The van der Waals surface area contributed by atoms with Crippen LogP contribution in [-0.4, -0.2) is 50.7 Å². The van der Waals surface area contributed by atoms with Gasteiger partial charge in [-0.05, 0) is 82.6 Å². The van der Waals surface area contributed by atoms with Crippen LogP contribution in [0.4, 0.5) is 0 Å². The van der Waals surface area contributed by atoms with Crippen molar-refractivity contribution in [2.24, 2.45) is 0 Å². The van der Waals surface area contributed by atoms with Crippen molar-refractivity contribution in [3.05, 3.63) is 53.8 Å². The summed E-state index contributed by atoms with van der Waals surface area (Å²) in [5, 5.41) is 4.08. The zero-order valence-electron chi connectivity index (χ0n) is 22.7. The van der Waals surface area contributed by atoms with E-state index < -0.39 is 0 Å². The second kappa shape index (κ2) is 12.6. The molecule has 0 radical (unpaired) electrons. The molecule has 1 unspecified atom stereocenters. The number of nitrogens with zero attached hydrogens (tertiary/aromatic N) is 1. The fourth-order valence-electron chi connectivity index (χ4n) is 4.68. The first-order valence-electron chi connectivity index (χ1n) is 12.8. The van der Waals surface area contributed by atoms with Crippen molar-refractivity contribution in [3.8, 4) is 22.6 Å². The van der Waals surface area contributed by atoms with Gasteiger partial charge in [0, 0.05) is 34.2 Å². The summed E-state index contributed by atoms with van der Waals surface area (Å²) in [6.07, 6.45) is 5.43. The van der Waals surface area contributed by atoms with Gasteiger partial charge >= 0.3 is 0 Å². The molecule has 36 heavy (non-hydrogen) atoms. The number of ether oxygens (including phenoxy) is 2. The second-order valence-electron chi connectivity index (χ2n) is 9.25. The SMILES string of the molecule is CCN(CC)CCCC(C)NC(=O)/C=C(\C)c1cc2c(-c3cccc(OC)c3)coc2c(C)c1OC. The van der Waals surface area contributed by atoms with Gasteiger partial charge in [0.25, 0.3) is 0 Å². The number of allylic oxidation sites excluding steroid dienone is 1. The molecule has 6 heteroatoms. The number of hydrogen-bond acceptors (Lipinski definition) is 5. The molecule has 0 aliphatic carbocycles. The van der Waals surface area contributed by atoms with E-state index in [1.807, 2.05) is 44.2 Å². The minimum atomic E-state index is -0.0946. The van der Waals surface area contributed by atoms with Crippen molar-refractivity contribution in [2.45, 2.75) is 53.5 Å². The average Bonchev–Trinajstić information content (AvgIpc) is 3.31. The summed E-state index contributed by atoms with van der Waals surface area (Å²) in [7, 11) is 3.31. The van der Waals surface area contributed by atoms with Crippen molar-refractivity contribution in [1.29, 1.82) is 0 Å². The number of hydrogen-bond donors (Lipinski definition) is 1. The summed E-state index contributed by atoms with van der Waals surface area (Å²) in [6.45, 7) is 13.5. The van der Waals surface area contributed by atoms with Crippen LogP contribution in [0.3, 0.4) is 0 Å². The maximum atomic E-state index is 12.8. The summed E-state index contributed by atoms with van der Waals surface area (Å²) in [5.74, 6) is 1.40. The van der Waals surface area contributed by atoms with Crippen LogP contribution in [0, 0.1) is 6.92 Å². The van der Waals surface area contributed by atoms with Gasteiger partial charge < -0.3 is 24.1 Å². The van der Waals surface area contributed by atoms with E-state index in [-0.39, 0.29) is 11.9 Å². The number of benzene rings is 2. The number of carbonyl (C=O) groups excluding carboxylic acids is 1. The van der Waals surface area contributed by atoms with Gasteiger partial charge in [0.15, 0.2) is 0 Å². The molecule has 0 fully saturated rings. The Balaban J connectivity index is 1.85. The summed E-state index contributed by atoms with van der Waals surface area (Å²) in [6, 6.07) is 10.1. The molecule has 3 rings (SSSR count). The molecular formula is C30H40N2O4. The minimum absolute atomic E-state index is 0.0946. The maximum absolute atomic E-state index is 12.8. The third-order valence-corrected chi connectivity index (χ3v) is 6.80. The number of fused-ring (bicyclic) bond motifs is 1. The first kappa shape index (κ1) is 27.3. The third kappa shape index (κ3) is 6.30. The first-order chi connectivity index (χ1) is 17.3. The molecule has 0 bridgehead atoms. The Kier molecular flexibility index (Phi) is 9.59. The molecule has 1 amide bonds. The lowest BCUT2D eigenvalue weighted by atomic mass is 9.96. The highest BCUT2D eigenvalue weighted by Gasteiger charge is 2.19. The Morgan fingerprint density at radius 3 is 2.58 bits per heavy atom. The summed E-state index contributed by atoms with van der Waals surface area (Å²) in [4.78, 5) is 15.2. The van der Waals surface area contributed by atoms with Crippen molar-refractivity contribution < 1.29 is 18.7 Å². The van der Waals surface area contributed by atoms with E-state index >= 15 is 0 Å². The first-order valence-corrected chi connectivity index (χ1v) is 12.8. The molecule has 1 aromatic heterocycles. The number of nitrogens with one attached hydrogen (secondary N) is 1. The molecule has 0 spiro atoms. The molecule has 194 valence electrons. The molecule has 6 nitrogen and oxygen atoms in total. The van der Waals surface area contributed by atoms with Gasteiger partial charge in [-0.2, -0.15) is 0 Å². The number of carbonyl (C=O) groups is 1. The number of rotatable bonds is 12. The summed E-state index contributed by atoms with van der Waals surface area (Å²) >= 11 is 0. The standard InChI is InChI=1S/C30H40N2O4/c1-8-32(9-2)15-11-12-21(4)31-28(33)16-20(3)25-18-26-27(23-13-10-14-24(17-23)34-6)19-36-30(26)22(5)29(25)35-7/h10,13-14,16-19,21H,8-9,11-12,15H2,1-7H3,(H,31,33)/b20-16+. The predicted octanol–water partition coefficient (Wildman–Crippen LogP) is 6.46. The predicted molar refractivity (Wildman–Crippen MR) is 148 cm³/mol. The Morgan fingerprint density at radius 1 is 1.17 bits per heavy atom. The lowest BCUT2D eigenvalue weighted by molar-refractivity contribution is -0.117. The van der Waals surface area contributed by atoms with Crippen LogP contribution in [0.15, 0.2) is 47.1 Å². The van der Waals surface area contributed by atoms with E-state index in [9.17, 15) is 4.79 Å². The highest BCUT2D eigenvalue weighted by atomic mass is 16.5. The molecular weight excluding hydrogens is 452 g/mol. The van der Waals surface area contributed by atoms with Crippen molar-refractivity contribution in [2.75, 3.05) is 33.9 Å². The summed E-state index contributed by atoms with van der Waals surface area (Å²) in [5.41, 5.74) is 5.35. The quantitative estimate of drug-likeness (QED) is 0.294. The monoisotopic (exact) mass is 492 g/mol. The van der Waals surface area contributed by atoms with Crippen LogP contribution in [0.1, 0.15) is 51.7 Å². The molecule has 0 aliphatic heterocycles. The highest BCUT2D eigenvalue weighted by Crippen LogP contribution is 2.41. The zero-order chi connectivity index (χ0) is 26.2. The Morgan fingerprint density at radius 2 is 1.92 bits per heavy atom. The minimum Gasteiger partial charge on any atom is -0.497 e. The molecule has 0 saturated heterocycles. The Hall–Kier alpha value is -3.25. The lowest BCUT2D eigenvalue weighted by Crippen LogP contribution is -2.32. The van der Waals surface area contributed by atoms with Gasteiger partial charge in [0.05, 0.1) is 20.5 Å². The van der Waals surface area contributed by atoms with Crippen molar-refractivity contribution >= 4 is 22.4 Å². The van der Waals surface area contributed by atoms with Crippen LogP contribution in [0.5, 0.6) is 11.5 Å². The molecule has 1 N–H and O–H groups in total. The van der Waals surface area contributed by atoms with Gasteiger partial charge in [0.2, 0.25) is 5.91 Å². The molecule has 0 saturated carbocycles. The highest BCUT2D eigenvalue weighted by molar-refractivity contribution is 6.01. The Bertz CT molecular complexity index is 1210. The smallest absolute Gasteiger partial charge is 0.244 e. The van der Waals surface area contributed by atoms with E-state index in [1.54, 1.807) is 26.6 Å². The fraction of sp³-hybridized carbons (Fsp3) is 0.433. The lowest BCUT2D eigenvalue weighted by Gasteiger charge is -2.19. The van der Waals surface area contributed by atoms with E-state index in [2.05, 4.69) is 31.0 Å². The van der Waals surface area contributed by atoms with Crippen molar-refractivity contribution in [1.82, 2.24) is 10.2 Å². The third-order valence-electron chi connectivity index (χ3n) is 6.80. The fourth-order valence-corrected chi connectivity index (χ4v) is 4.68. The van der Waals surface area contributed by atoms with Crippen LogP contribution >= 0.6 is 0 Å². The normalized spacial score (nSPS) is 12.7. The van der Waals surface area contributed by atoms with E-state index in [0.717, 1.165) is 77.0 Å². The second-order valence-corrected chi connectivity index (χ2v) is 9.25. The van der Waals surface area contributed by atoms with Crippen LogP contribution in [0.2, 0.25) is 0 Å². The Labute approximate surface area is 215 Å². The number of methoxy groups -OCH3 is 2. The number of furan rings is 1. The molecule has 0 aliphatic rings. The van der Waals surface area contributed by atoms with Crippen LogP contribution in [-0.2, 0) is 4.79 Å². The molecule has 2 aromatic carbocycles. The number of amides is 1. The molecule has 1 heterocycles. The summed E-state index contributed by atoms with van der Waals surface area (Å²) < 4.78 is 17.1. The zero-order valence-corrected chi connectivity index (χ0v) is 22.7. The largest absolute Gasteiger partial charge is 0.497 e. The van der Waals surface area contributed by atoms with Gasteiger partial charge in [-0.1, -0.05) is 26.0 Å². The van der Waals surface area contributed by atoms with Gasteiger partial charge in [-0.15, -0.1) is 0 Å². The maximum Gasteiger partial charge on any atom is 0.244 e. The topological polar surface area (TPSA) is 63.9 Å². The van der Waals surface area contributed by atoms with Gasteiger partial charge in [-0.25, -0.2) is 0 Å². The van der Waals surface area contributed by atoms with Gasteiger partial charge in [0.1, 0.15) is 17.1 Å². The number of aryl methyl sites for hydroxylation is 1. The van der Waals surface area contributed by atoms with E-state index in [4.69, 9.17) is 13.9 Å². The van der Waals surface area contributed by atoms with E-state index in [0.29, 0.717) is 5.75 Å². The molecule has 1 atom stereocenters. The van der Waals surface area contributed by atoms with Crippen LogP contribution < -0.4 is 14.8 Å². The van der Waals surface area contributed by atoms with Gasteiger partial charge in [-0.3, -0.25) is 4.79 Å².